The average molecular weight is 353 g/mol. The van der Waals surface area contributed by atoms with Gasteiger partial charge in [-0.05, 0) is 31.2 Å². The number of rotatable bonds is 6. The number of aromatic nitrogens is 3. The smallest absolute Gasteiger partial charge is 0.225 e. The molecule has 2 aromatic heterocycles. The standard InChI is InChI=1S/C20H27N5O/c1-2-24-12-17(13-26-14-18-6-3-4-8-21-18)20(15-24)7-11-25(16-20)19-22-9-5-10-23-19/h3-6,8-10,17H,2,7,11-16H2,1H3/t17-,20-/m0/s1. The predicted molar refractivity (Wildman–Crippen MR) is 101 cm³/mol. The van der Waals surface area contributed by atoms with Crippen molar-refractivity contribution in [1.29, 1.82) is 0 Å². The third-order valence-corrected chi connectivity index (χ3v) is 5.85. The summed E-state index contributed by atoms with van der Waals surface area (Å²) in [6, 6.07) is 7.84. The molecule has 0 saturated carbocycles. The Morgan fingerprint density at radius 2 is 1.96 bits per heavy atom. The fourth-order valence-corrected chi connectivity index (χ4v) is 4.39. The lowest BCUT2D eigenvalue weighted by molar-refractivity contribution is 0.0545. The molecule has 2 saturated heterocycles. The number of likely N-dealkylation sites (tertiary alicyclic amines) is 1. The number of nitrogens with zero attached hydrogens (tertiary/aromatic N) is 5. The van der Waals surface area contributed by atoms with Crippen molar-refractivity contribution in [3.8, 4) is 0 Å². The molecule has 6 heteroatoms. The lowest BCUT2D eigenvalue weighted by Crippen LogP contribution is -2.36. The Morgan fingerprint density at radius 1 is 1.12 bits per heavy atom. The van der Waals surface area contributed by atoms with Crippen LogP contribution in [0.4, 0.5) is 5.95 Å². The second kappa shape index (κ2) is 7.68. The number of hydrogen-bond donors (Lipinski definition) is 0. The molecule has 0 bridgehead atoms. The van der Waals surface area contributed by atoms with Gasteiger partial charge in [-0.1, -0.05) is 13.0 Å². The van der Waals surface area contributed by atoms with Gasteiger partial charge in [0.1, 0.15) is 0 Å². The van der Waals surface area contributed by atoms with Crippen molar-refractivity contribution in [2.75, 3.05) is 44.2 Å². The highest BCUT2D eigenvalue weighted by molar-refractivity contribution is 5.32. The molecular weight excluding hydrogens is 326 g/mol. The highest BCUT2D eigenvalue weighted by Gasteiger charge is 2.50. The minimum absolute atomic E-state index is 0.277. The molecular formula is C20H27N5O. The van der Waals surface area contributed by atoms with Crippen molar-refractivity contribution in [3.05, 3.63) is 48.5 Å². The van der Waals surface area contributed by atoms with E-state index >= 15 is 0 Å². The summed E-state index contributed by atoms with van der Waals surface area (Å²) >= 11 is 0. The summed E-state index contributed by atoms with van der Waals surface area (Å²) in [6.07, 6.45) is 6.66. The Kier molecular flexibility index (Phi) is 5.13. The Labute approximate surface area is 155 Å². The highest BCUT2D eigenvalue weighted by atomic mass is 16.5. The molecule has 0 aromatic carbocycles. The number of anilines is 1. The molecule has 2 aliphatic rings. The van der Waals surface area contributed by atoms with Crippen molar-refractivity contribution >= 4 is 5.95 Å². The quantitative estimate of drug-likeness (QED) is 0.794. The van der Waals surface area contributed by atoms with E-state index in [-0.39, 0.29) is 5.41 Å². The molecule has 1 spiro atoms. The Hall–Kier alpha value is -2.05. The summed E-state index contributed by atoms with van der Waals surface area (Å²) in [7, 11) is 0. The zero-order valence-electron chi connectivity index (χ0n) is 15.4. The summed E-state index contributed by atoms with van der Waals surface area (Å²) in [5.74, 6) is 1.40. The van der Waals surface area contributed by atoms with Gasteiger partial charge >= 0.3 is 0 Å². The lowest BCUT2D eigenvalue weighted by atomic mass is 9.77. The SMILES string of the molecule is CCN1C[C@@H](COCc2ccccn2)[C@@]2(CCN(c3ncccn3)C2)C1. The molecule has 0 radical (unpaired) electrons. The molecule has 2 aliphatic heterocycles. The second-order valence-corrected chi connectivity index (χ2v) is 7.44. The number of hydrogen-bond acceptors (Lipinski definition) is 6. The van der Waals surface area contributed by atoms with Crippen LogP contribution in [0.1, 0.15) is 19.0 Å². The van der Waals surface area contributed by atoms with Crippen LogP contribution in [-0.4, -0.2) is 59.2 Å². The first-order valence-corrected chi connectivity index (χ1v) is 9.51. The van der Waals surface area contributed by atoms with Gasteiger partial charge in [0.05, 0.1) is 18.9 Å². The summed E-state index contributed by atoms with van der Waals surface area (Å²) < 4.78 is 6.09. The maximum Gasteiger partial charge on any atom is 0.225 e. The first kappa shape index (κ1) is 17.4. The maximum absolute atomic E-state index is 6.09. The summed E-state index contributed by atoms with van der Waals surface area (Å²) in [5, 5.41) is 0. The van der Waals surface area contributed by atoms with Crippen LogP contribution in [0.3, 0.4) is 0 Å². The number of ether oxygens (including phenoxy) is 1. The van der Waals surface area contributed by atoms with Crippen LogP contribution in [0.15, 0.2) is 42.9 Å². The van der Waals surface area contributed by atoms with E-state index in [1.807, 2.05) is 42.9 Å². The minimum atomic E-state index is 0.277. The summed E-state index contributed by atoms with van der Waals surface area (Å²) in [5.41, 5.74) is 1.27. The van der Waals surface area contributed by atoms with Crippen LogP contribution in [0.2, 0.25) is 0 Å². The third kappa shape index (κ3) is 3.57. The van der Waals surface area contributed by atoms with Gasteiger partial charge in [-0.2, -0.15) is 0 Å². The van der Waals surface area contributed by atoms with Crippen molar-refractivity contribution in [3.63, 3.8) is 0 Å². The zero-order chi connectivity index (χ0) is 17.8. The predicted octanol–water partition coefficient (Wildman–Crippen LogP) is 2.24. The van der Waals surface area contributed by atoms with E-state index in [4.69, 9.17) is 4.74 Å². The molecule has 0 N–H and O–H groups in total. The monoisotopic (exact) mass is 353 g/mol. The molecule has 4 heterocycles. The van der Waals surface area contributed by atoms with E-state index in [9.17, 15) is 0 Å². The molecule has 2 aromatic rings. The first-order chi connectivity index (χ1) is 12.8. The van der Waals surface area contributed by atoms with Crippen LogP contribution in [0, 0.1) is 11.3 Å². The summed E-state index contributed by atoms with van der Waals surface area (Å²) in [4.78, 5) is 18.1. The molecule has 26 heavy (non-hydrogen) atoms. The third-order valence-electron chi connectivity index (χ3n) is 5.85. The van der Waals surface area contributed by atoms with E-state index in [0.29, 0.717) is 12.5 Å². The van der Waals surface area contributed by atoms with E-state index < -0.39 is 0 Å². The summed E-state index contributed by atoms with van der Waals surface area (Å²) in [6.45, 7) is 9.02. The first-order valence-electron chi connectivity index (χ1n) is 9.51. The lowest BCUT2D eigenvalue weighted by Gasteiger charge is -2.30. The highest BCUT2D eigenvalue weighted by Crippen LogP contribution is 2.44. The molecule has 6 nitrogen and oxygen atoms in total. The second-order valence-electron chi connectivity index (χ2n) is 7.44. The average Bonchev–Trinajstić information content (AvgIpc) is 3.28. The van der Waals surface area contributed by atoms with Crippen molar-refractivity contribution in [2.45, 2.75) is 20.0 Å². The van der Waals surface area contributed by atoms with Crippen LogP contribution in [-0.2, 0) is 11.3 Å². The van der Waals surface area contributed by atoms with Crippen LogP contribution >= 0.6 is 0 Å². The van der Waals surface area contributed by atoms with Crippen LogP contribution in [0.25, 0.3) is 0 Å². The van der Waals surface area contributed by atoms with Gasteiger partial charge in [0.25, 0.3) is 0 Å². The van der Waals surface area contributed by atoms with Gasteiger partial charge in [0.15, 0.2) is 0 Å². The van der Waals surface area contributed by atoms with E-state index in [0.717, 1.165) is 51.0 Å². The topological polar surface area (TPSA) is 54.4 Å². The largest absolute Gasteiger partial charge is 0.375 e. The van der Waals surface area contributed by atoms with Gasteiger partial charge in [0, 0.05) is 56.1 Å². The normalized spacial score (nSPS) is 26.0. The Morgan fingerprint density at radius 3 is 2.73 bits per heavy atom. The molecule has 4 rings (SSSR count). The van der Waals surface area contributed by atoms with Crippen molar-refractivity contribution in [2.24, 2.45) is 11.3 Å². The molecule has 2 fully saturated rings. The van der Waals surface area contributed by atoms with E-state index in [2.05, 4.69) is 31.7 Å². The molecule has 138 valence electrons. The molecule has 0 aliphatic carbocycles. The number of pyridine rings is 1. The van der Waals surface area contributed by atoms with Gasteiger partial charge in [-0.25, -0.2) is 9.97 Å². The van der Waals surface area contributed by atoms with Crippen LogP contribution < -0.4 is 4.90 Å². The van der Waals surface area contributed by atoms with E-state index in [1.54, 1.807) is 0 Å². The van der Waals surface area contributed by atoms with Gasteiger partial charge in [-0.15, -0.1) is 0 Å². The van der Waals surface area contributed by atoms with Gasteiger partial charge in [-0.3, -0.25) is 4.98 Å². The van der Waals surface area contributed by atoms with E-state index in [1.165, 1.54) is 6.42 Å². The Balaban J connectivity index is 1.41. The molecule has 0 amide bonds. The minimum Gasteiger partial charge on any atom is -0.375 e. The van der Waals surface area contributed by atoms with Gasteiger partial charge in [0.2, 0.25) is 5.95 Å². The molecule has 2 atom stereocenters. The van der Waals surface area contributed by atoms with Gasteiger partial charge < -0.3 is 14.5 Å². The van der Waals surface area contributed by atoms with Crippen molar-refractivity contribution < 1.29 is 4.74 Å². The van der Waals surface area contributed by atoms with Crippen LogP contribution in [0.5, 0.6) is 0 Å². The van der Waals surface area contributed by atoms with Crippen molar-refractivity contribution in [1.82, 2.24) is 19.9 Å². The fourth-order valence-electron chi connectivity index (χ4n) is 4.39. The fraction of sp³-hybridized carbons (Fsp3) is 0.550. The maximum atomic E-state index is 6.09. The molecule has 0 unspecified atom stereocenters. The zero-order valence-corrected chi connectivity index (χ0v) is 15.4. The Bertz CT molecular complexity index is 698.